The molecule has 0 aliphatic heterocycles. The number of carbonyl (C=O) groups is 1. The number of anilines is 1. The predicted octanol–water partition coefficient (Wildman–Crippen LogP) is -0.128. The van der Waals surface area contributed by atoms with E-state index in [0.29, 0.717) is 37.4 Å². The van der Waals surface area contributed by atoms with Gasteiger partial charge in [-0.1, -0.05) is 0 Å². The van der Waals surface area contributed by atoms with E-state index in [9.17, 15) is 9.90 Å². The zero-order valence-corrected chi connectivity index (χ0v) is 11.5. The van der Waals surface area contributed by atoms with E-state index in [4.69, 9.17) is 11.5 Å². The van der Waals surface area contributed by atoms with Crippen LogP contribution in [0.4, 0.5) is 5.13 Å². The molecule has 6 N–H and O–H groups in total. The molecule has 0 saturated heterocycles. The van der Waals surface area contributed by atoms with Gasteiger partial charge in [0.05, 0.1) is 11.8 Å². The summed E-state index contributed by atoms with van der Waals surface area (Å²) in [5, 5.41) is 14.9. The van der Waals surface area contributed by atoms with Crippen LogP contribution in [0.5, 0.6) is 0 Å². The lowest BCUT2D eigenvalue weighted by Gasteiger charge is -2.29. The molecule has 0 spiro atoms. The maximum atomic E-state index is 12.0. The normalized spacial score (nSPS) is 27.2. The van der Waals surface area contributed by atoms with Gasteiger partial charge in [0.2, 0.25) is 5.91 Å². The highest BCUT2D eigenvalue weighted by Crippen LogP contribution is 2.23. The standard InChI is InChI=1S/C12H20N4O2S/c13-9-5-7(1-2-10(9)17)11(18)15-4-3-8-6-19-12(14)16-8/h6-7,9-10,17H,1-5,13H2,(H2,14,16)(H,15,18)/t7-,9+,10+/m0/s1. The zero-order chi connectivity index (χ0) is 13.8. The van der Waals surface area contributed by atoms with Crippen molar-refractivity contribution < 1.29 is 9.90 Å². The molecular formula is C12H20N4O2S. The summed E-state index contributed by atoms with van der Waals surface area (Å²) in [5.74, 6) is -0.0653. The number of nitrogens with zero attached hydrogens (tertiary/aromatic N) is 1. The Morgan fingerprint density at radius 2 is 2.37 bits per heavy atom. The molecule has 1 aromatic rings. The SMILES string of the molecule is Nc1nc(CCNC(=O)[C@H]2CC[C@@H](O)[C@H](N)C2)cs1. The first-order chi connectivity index (χ1) is 9.06. The number of thiazole rings is 1. The van der Waals surface area contributed by atoms with Crippen molar-refractivity contribution in [2.75, 3.05) is 12.3 Å². The van der Waals surface area contributed by atoms with Gasteiger partial charge < -0.3 is 21.9 Å². The Morgan fingerprint density at radius 1 is 1.58 bits per heavy atom. The number of carbonyl (C=O) groups excluding carboxylic acids is 1. The number of hydrogen-bond donors (Lipinski definition) is 4. The van der Waals surface area contributed by atoms with Crippen LogP contribution >= 0.6 is 11.3 Å². The number of hydrogen-bond acceptors (Lipinski definition) is 6. The quantitative estimate of drug-likeness (QED) is 0.615. The van der Waals surface area contributed by atoms with Gasteiger partial charge in [-0.05, 0) is 19.3 Å². The van der Waals surface area contributed by atoms with E-state index in [1.807, 2.05) is 5.38 Å². The van der Waals surface area contributed by atoms with Crippen molar-refractivity contribution in [3.63, 3.8) is 0 Å². The number of nitrogen functional groups attached to an aromatic ring is 1. The van der Waals surface area contributed by atoms with E-state index in [1.165, 1.54) is 11.3 Å². The molecule has 0 aromatic carbocycles. The third kappa shape index (κ3) is 3.89. The Balaban J connectivity index is 1.72. The maximum absolute atomic E-state index is 12.0. The fourth-order valence-electron chi connectivity index (χ4n) is 2.32. The van der Waals surface area contributed by atoms with Gasteiger partial charge in [0.1, 0.15) is 0 Å². The molecule has 7 heteroatoms. The summed E-state index contributed by atoms with van der Waals surface area (Å²) in [6.45, 7) is 0.552. The summed E-state index contributed by atoms with van der Waals surface area (Å²) in [6.07, 6.45) is 2.06. The number of aromatic nitrogens is 1. The van der Waals surface area contributed by atoms with Crippen LogP contribution in [0.25, 0.3) is 0 Å². The van der Waals surface area contributed by atoms with Crippen molar-refractivity contribution >= 4 is 22.4 Å². The molecule has 19 heavy (non-hydrogen) atoms. The third-order valence-electron chi connectivity index (χ3n) is 3.48. The maximum Gasteiger partial charge on any atom is 0.223 e. The van der Waals surface area contributed by atoms with Crippen molar-refractivity contribution in [3.05, 3.63) is 11.1 Å². The molecule has 106 valence electrons. The van der Waals surface area contributed by atoms with Crippen LogP contribution in [-0.2, 0) is 11.2 Å². The van der Waals surface area contributed by atoms with E-state index in [2.05, 4.69) is 10.3 Å². The van der Waals surface area contributed by atoms with Gasteiger partial charge in [0, 0.05) is 30.3 Å². The lowest BCUT2D eigenvalue weighted by molar-refractivity contribution is -0.126. The topological polar surface area (TPSA) is 114 Å². The molecule has 3 atom stereocenters. The molecule has 1 aliphatic carbocycles. The summed E-state index contributed by atoms with van der Waals surface area (Å²) in [6, 6.07) is -0.289. The first-order valence-electron chi connectivity index (χ1n) is 6.47. The largest absolute Gasteiger partial charge is 0.392 e. The first kappa shape index (κ1) is 14.2. The Bertz CT molecular complexity index is 437. The highest BCUT2D eigenvalue weighted by Gasteiger charge is 2.30. The Kier molecular flexibility index (Phi) is 4.73. The molecule has 2 rings (SSSR count). The second-order valence-corrected chi connectivity index (χ2v) is 5.85. The summed E-state index contributed by atoms with van der Waals surface area (Å²) in [4.78, 5) is 16.1. The van der Waals surface area contributed by atoms with Gasteiger partial charge >= 0.3 is 0 Å². The van der Waals surface area contributed by atoms with Crippen LogP contribution in [-0.4, -0.2) is 34.7 Å². The van der Waals surface area contributed by atoms with Gasteiger partial charge in [-0.15, -0.1) is 11.3 Å². The van der Waals surface area contributed by atoms with Crippen molar-refractivity contribution in [1.82, 2.24) is 10.3 Å². The summed E-state index contributed by atoms with van der Waals surface area (Å²) in [7, 11) is 0. The van der Waals surface area contributed by atoms with Gasteiger partial charge in [-0.3, -0.25) is 4.79 Å². The molecule has 1 saturated carbocycles. The Hall–Kier alpha value is -1.18. The number of nitrogens with one attached hydrogen (secondary N) is 1. The van der Waals surface area contributed by atoms with Crippen LogP contribution in [0.3, 0.4) is 0 Å². The monoisotopic (exact) mass is 284 g/mol. The van der Waals surface area contributed by atoms with Crippen LogP contribution in [0.15, 0.2) is 5.38 Å². The number of amides is 1. The molecule has 1 fully saturated rings. The van der Waals surface area contributed by atoms with Gasteiger partial charge in [-0.25, -0.2) is 4.98 Å². The van der Waals surface area contributed by atoms with Gasteiger partial charge in [0.25, 0.3) is 0 Å². The molecular weight excluding hydrogens is 264 g/mol. The van der Waals surface area contributed by atoms with Gasteiger partial charge in [0.15, 0.2) is 5.13 Å². The minimum Gasteiger partial charge on any atom is -0.392 e. The van der Waals surface area contributed by atoms with E-state index in [0.717, 1.165) is 5.69 Å². The Labute approximate surface area is 116 Å². The van der Waals surface area contributed by atoms with E-state index < -0.39 is 6.10 Å². The van der Waals surface area contributed by atoms with Gasteiger partial charge in [-0.2, -0.15) is 0 Å². The molecule has 1 heterocycles. The fourth-order valence-corrected chi connectivity index (χ4v) is 2.92. The molecule has 1 aromatic heterocycles. The Morgan fingerprint density at radius 3 is 3.00 bits per heavy atom. The van der Waals surface area contributed by atoms with E-state index >= 15 is 0 Å². The van der Waals surface area contributed by atoms with Crippen LogP contribution < -0.4 is 16.8 Å². The molecule has 1 aliphatic rings. The van der Waals surface area contributed by atoms with E-state index in [1.54, 1.807) is 0 Å². The van der Waals surface area contributed by atoms with Crippen LogP contribution in [0.2, 0.25) is 0 Å². The third-order valence-corrected chi connectivity index (χ3v) is 4.21. The number of aliphatic hydroxyl groups excluding tert-OH is 1. The highest BCUT2D eigenvalue weighted by atomic mass is 32.1. The van der Waals surface area contributed by atoms with Crippen LogP contribution in [0, 0.1) is 5.92 Å². The van der Waals surface area contributed by atoms with Crippen LogP contribution in [0.1, 0.15) is 25.0 Å². The number of nitrogens with two attached hydrogens (primary N) is 2. The second kappa shape index (κ2) is 6.31. The molecule has 6 nitrogen and oxygen atoms in total. The predicted molar refractivity (Wildman–Crippen MR) is 74.6 cm³/mol. The molecule has 0 radical (unpaired) electrons. The molecule has 0 bridgehead atoms. The van der Waals surface area contributed by atoms with Crippen molar-refractivity contribution in [1.29, 1.82) is 0 Å². The molecule has 0 unspecified atom stereocenters. The average molecular weight is 284 g/mol. The summed E-state index contributed by atoms with van der Waals surface area (Å²) >= 11 is 1.40. The second-order valence-electron chi connectivity index (χ2n) is 4.96. The smallest absolute Gasteiger partial charge is 0.223 e. The number of aliphatic hydroxyl groups is 1. The zero-order valence-electron chi connectivity index (χ0n) is 10.7. The van der Waals surface area contributed by atoms with Crippen molar-refractivity contribution in [2.24, 2.45) is 11.7 Å². The minimum atomic E-state index is -0.470. The lowest BCUT2D eigenvalue weighted by Crippen LogP contribution is -2.45. The number of rotatable bonds is 4. The lowest BCUT2D eigenvalue weighted by atomic mass is 9.83. The highest BCUT2D eigenvalue weighted by molar-refractivity contribution is 7.13. The first-order valence-corrected chi connectivity index (χ1v) is 7.35. The minimum absolute atomic E-state index is 0.0190. The van der Waals surface area contributed by atoms with Crippen molar-refractivity contribution in [2.45, 2.75) is 37.8 Å². The summed E-state index contributed by atoms with van der Waals surface area (Å²) in [5.41, 5.74) is 12.2. The van der Waals surface area contributed by atoms with Crippen molar-refractivity contribution in [3.8, 4) is 0 Å². The fraction of sp³-hybridized carbons (Fsp3) is 0.667. The average Bonchev–Trinajstić information content (AvgIpc) is 2.78. The molecule has 1 amide bonds. The van der Waals surface area contributed by atoms with E-state index in [-0.39, 0.29) is 17.9 Å². The summed E-state index contributed by atoms with van der Waals surface area (Å²) < 4.78 is 0.